The third-order valence-electron chi connectivity index (χ3n) is 2.94. The maximum Gasteiger partial charge on any atom is 0.160 e. The lowest BCUT2D eigenvalue weighted by Crippen LogP contribution is -2.50. The Hall–Kier alpha value is -0.870. The van der Waals surface area contributed by atoms with E-state index in [1.54, 1.807) is 0 Å². The fourth-order valence-electron chi connectivity index (χ4n) is 2.09. The SMILES string of the molecule is Cc1ccc(C)c(C2C(N)CS2(=O)=O)c1. The molecule has 1 aromatic carbocycles. The van der Waals surface area contributed by atoms with Gasteiger partial charge in [0.25, 0.3) is 0 Å². The molecule has 1 fully saturated rings. The first-order chi connectivity index (χ1) is 6.92. The van der Waals surface area contributed by atoms with Crippen LogP contribution < -0.4 is 5.73 Å². The molecule has 0 spiro atoms. The van der Waals surface area contributed by atoms with Gasteiger partial charge in [-0.3, -0.25) is 0 Å². The molecule has 1 saturated heterocycles. The molecule has 1 aromatic rings. The highest BCUT2D eigenvalue weighted by atomic mass is 32.2. The molecule has 1 aliphatic rings. The quantitative estimate of drug-likeness (QED) is 0.778. The lowest BCUT2D eigenvalue weighted by molar-refractivity contribution is 0.522. The van der Waals surface area contributed by atoms with Crippen LogP contribution in [0.4, 0.5) is 0 Å². The van der Waals surface area contributed by atoms with Crippen molar-refractivity contribution in [3.05, 3.63) is 34.9 Å². The minimum Gasteiger partial charge on any atom is -0.325 e. The van der Waals surface area contributed by atoms with E-state index in [1.165, 1.54) is 0 Å². The summed E-state index contributed by atoms with van der Waals surface area (Å²) in [4.78, 5) is 0. The largest absolute Gasteiger partial charge is 0.325 e. The summed E-state index contributed by atoms with van der Waals surface area (Å²) in [5.74, 6) is 0.116. The molecule has 2 atom stereocenters. The van der Waals surface area contributed by atoms with E-state index in [0.29, 0.717) is 0 Å². The van der Waals surface area contributed by atoms with Crippen molar-refractivity contribution in [3.63, 3.8) is 0 Å². The number of aryl methyl sites for hydroxylation is 2. The predicted octanol–water partition coefficient (Wildman–Crippen LogP) is 1.10. The molecule has 1 aliphatic heterocycles. The summed E-state index contributed by atoms with van der Waals surface area (Å²) in [5.41, 5.74) is 8.72. The van der Waals surface area contributed by atoms with Crippen molar-refractivity contribution in [3.8, 4) is 0 Å². The van der Waals surface area contributed by atoms with E-state index in [2.05, 4.69) is 0 Å². The highest BCUT2D eigenvalue weighted by Crippen LogP contribution is 2.37. The first-order valence-electron chi connectivity index (χ1n) is 4.96. The number of hydrogen-bond acceptors (Lipinski definition) is 3. The summed E-state index contributed by atoms with van der Waals surface area (Å²) in [6.45, 7) is 3.88. The van der Waals surface area contributed by atoms with E-state index >= 15 is 0 Å². The first-order valence-corrected chi connectivity index (χ1v) is 6.67. The van der Waals surface area contributed by atoms with Gasteiger partial charge >= 0.3 is 0 Å². The number of hydrogen-bond donors (Lipinski definition) is 1. The zero-order chi connectivity index (χ0) is 11.2. The van der Waals surface area contributed by atoms with Crippen LogP contribution in [0.15, 0.2) is 18.2 Å². The van der Waals surface area contributed by atoms with Crippen LogP contribution in [0.2, 0.25) is 0 Å². The molecule has 0 bridgehead atoms. The summed E-state index contributed by atoms with van der Waals surface area (Å²) >= 11 is 0. The van der Waals surface area contributed by atoms with Crippen molar-refractivity contribution < 1.29 is 8.42 Å². The highest BCUT2D eigenvalue weighted by Gasteiger charge is 2.45. The second kappa shape index (κ2) is 3.32. The monoisotopic (exact) mass is 225 g/mol. The number of rotatable bonds is 1. The molecule has 1 heterocycles. The Bertz CT molecular complexity index is 493. The van der Waals surface area contributed by atoms with E-state index in [0.717, 1.165) is 16.7 Å². The minimum atomic E-state index is -2.99. The van der Waals surface area contributed by atoms with Gasteiger partial charge in [-0.2, -0.15) is 0 Å². The highest BCUT2D eigenvalue weighted by molar-refractivity contribution is 7.93. The Kier molecular flexibility index (Phi) is 2.35. The maximum atomic E-state index is 11.6. The van der Waals surface area contributed by atoms with Gasteiger partial charge in [-0.05, 0) is 25.0 Å². The molecule has 0 amide bonds. The van der Waals surface area contributed by atoms with Crippen LogP contribution in [-0.4, -0.2) is 20.2 Å². The van der Waals surface area contributed by atoms with Gasteiger partial charge in [-0.1, -0.05) is 23.8 Å². The van der Waals surface area contributed by atoms with Crippen molar-refractivity contribution in [1.82, 2.24) is 0 Å². The van der Waals surface area contributed by atoms with Crippen LogP contribution >= 0.6 is 0 Å². The molecule has 0 saturated carbocycles. The van der Waals surface area contributed by atoms with Crippen molar-refractivity contribution in [2.24, 2.45) is 5.73 Å². The van der Waals surface area contributed by atoms with E-state index in [4.69, 9.17) is 5.73 Å². The Morgan fingerprint density at radius 3 is 2.53 bits per heavy atom. The van der Waals surface area contributed by atoms with Gasteiger partial charge < -0.3 is 5.73 Å². The Labute approximate surface area is 90.2 Å². The Morgan fingerprint density at radius 1 is 1.33 bits per heavy atom. The standard InChI is InChI=1S/C11H15NO2S/c1-7-3-4-8(2)9(5-7)11-10(12)6-15(11,13)14/h3-5,10-11H,6,12H2,1-2H3. The molecule has 0 radical (unpaired) electrons. The number of benzene rings is 1. The first kappa shape index (κ1) is 10.6. The molecule has 2 rings (SSSR count). The van der Waals surface area contributed by atoms with E-state index < -0.39 is 15.1 Å². The smallest absolute Gasteiger partial charge is 0.160 e. The summed E-state index contributed by atoms with van der Waals surface area (Å²) in [6, 6.07) is 5.62. The summed E-state index contributed by atoms with van der Waals surface area (Å²) in [5, 5.41) is -0.489. The van der Waals surface area contributed by atoms with Crippen LogP contribution in [0.25, 0.3) is 0 Å². The zero-order valence-corrected chi connectivity index (χ0v) is 9.71. The molecule has 2 N–H and O–H groups in total. The number of nitrogens with two attached hydrogens (primary N) is 1. The normalized spacial score (nSPS) is 28.5. The van der Waals surface area contributed by atoms with Crippen LogP contribution in [0.3, 0.4) is 0 Å². The molecule has 0 aliphatic carbocycles. The summed E-state index contributed by atoms with van der Waals surface area (Å²) < 4.78 is 23.2. The van der Waals surface area contributed by atoms with Gasteiger partial charge in [0.2, 0.25) is 0 Å². The second-order valence-electron chi connectivity index (χ2n) is 4.27. The van der Waals surface area contributed by atoms with Crippen LogP contribution in [0, 0.1) is 13.8 Å². The van der Waals surface area contributed by atoms with Gasteiger partial charge in [0, 0.05) is 6.04 Å². The minimum absolute atomic E-state index is 0.116. The molecule has 0 aromatic heterocycles. The summed E-state index contributed by atoms with van der Waals surface area (Å²) in [6.07, 6.45) is 0. The molecular weight excluding hydrogens is 210 g/mol. The van der Waals surface area contributed by atoms with Crippen molar-refractivity contribution in [1.29, 1.82) is 0 Å². The summed E-state index contributed by atoms with van der Waals surface area (Å²) in [7, 11) is -2.99. The Morgan fingerprint density at radius 2 is 2.00 bits per heavy atom. The topological polar surface area (TPSA) is 60.2 Å². The lowest BCUT2D eigenvalue weighted by Gasteiger charge is -2.34. The van der Waals surface area contributed by atoms with Crippen molar-refractivity contribution in [2.75, 3.05) is 5.75 Å². The van der Waals surface area contributed by atoms with Gasteiger partial charge in [0.05, 0.1) is 5.75 Å². The van der Waals surface area contributed by atoms with E-state index in [-0.39, 0.29) is 11.8 Å². The van der Waals surface area contributed by atoms with Crippen LogP contribution in [-0.2, 0) is 9.84 Å². The number of sulfone groups is 1. The molecule has 4 heteroatoms. The lowest BCUT2D eigenvalue weighted by atomic mass is 9.99. The van der Waals surface area contributed by atoms with Crippen molar-refractivity contribution in [2.45, 2.75) is 25.1 Å². The fraction of sp³-hybridized carbons (Fsp3) is 0.455. The van der Waals surface area contributed by atoms with Gasteiger partial charge in [0.15, 0.2) is 9.84 Å². The third-order valence-corrected chi connectivity index (χ3v) is 5.17. The third kappa shape index (κ3) is 1.68. The molecule has 82 valence electrons. The average Bonchev–Trinajstić information content (AvgIpc) is 2.10. The predicted molar refractivity (Wildman–Crippen MR) is 60.4 cm³/mol. The van der Waals surface area contributed by atoms with Crippen molar-refractivity contribution >= 4 is 9.84 Å². The fourth-order valence-corrected chi connectivity index (χ4v) is 3.94. The van der Waals surface area contributed by atoms with E-state index in [9.17, 15) is 8.42 Å². The molecule has 15 heavy (non-hydrogen) atoms. The van der Waals surface area contributed by atoms with Crippen LogP contribution in [0.5, 0.6) is 0 Å². The van der Waals surface area contributed by atoms with Crippen LogP contribution in [0.1, 0.15) is 21.9 Å². The average molecular weight is 225 g/mol. The molecule has 3 nitrogen and oxygen atoms in total. The molecular formula is C11H15NO2S. The molecule has 2 unspecified atom stereocenters. The van der Waals surface area contributed by atoms with Gasteiger partial charge in [-0.25, -0.2) is 8.42 Å². The Balaban J connectivity index is 2.50. The van der Waals surface area contributed by atoms with E-state index in [1.807, 2.05) is 32.0 Å². The van der Waals surface area contributed by atoms with Gasteiger partial charge in [-0.15, -0.1) is 0 Å². The second-order valence-corrected chi connectivity index (χ2v) is 6.44. The zero-order valence-electron chi connectivity index (χ0n) is 8.90. The maximum absolute atomic E-state index is 11.6. The van der Waals surface area contributed by atoms with Gasteiger partial charge in [0.1, 0.15) is 5.25 Å².